The Hall–Kier alpha value is -3.19. The SMILES string of the molecule is CC(C)(NC(=O)c1cc(F)c2ccccc2c1OCc1ccc(Cl)cc1F)C(=O)O. The Balaban J connectivity index is 2.06. The van der Waals surface area contributed by atoms with Crippen molar-refractivity contribution in [1.29, 1.82) is 0 Å². The lowest BCUT2D eigenvalue weighted by Crippen LogP contribution is -2.49. The lowest BCUT2D eigenvalue weighted by Gasteiger charge is -2.22. The molecule has 8 heteroatoms. The Labute approximate surface area is 176 Å². The van der Waals surface area contributed by atoms with E-state index >= 15 is 0 Å². The van der Waals surface area contributed by atoms with Gasteiger partial charge in [-0.2, -0.15) is 0 Å². The van der Waals surface area contributed by atoms with E-state index in [1.165, 1.54) is 32.0 Å². The van der Waals surface area contributed by atoms with Gasteiger partial charge in [-0.3, -0.25) is 4.79 Å². The molecule has 0 saturated carbocycles. The topological polar surface area (TPSA) is 75.6 Å². The van der Waals surface area contributed by atoms with E-state index in [1.54, 1.807) is 18.2 Å². The van der Waals surface area contributed by atoms with Crippen molar-refractivity contribution in [3.8, 4) is 5.75 Å². The maximum atomic E-state index is 14.6. The fourth-order valence-electron chi connectivity index (χ4n) is 2.82. The summed E-state index contributed by atoms with van der Waals surface area (Å²) in [6.07, 6.45) is 0. The van der Waals surface area contributed by atoms with Crippen LogP contribution in [0.25, 0.3) is 10.8 Å². The second kappa shape index (κ2) is 8.28. The fourth-order valence-corrected chi connectivity index (χ4v) is 2.98. The van der Waals surface area contributed by atoms with Gasteiger partial charge >= 0.3 is 5.97 Å². The van der Waals surface area contributed by atoms with Crippen LogP contribution in [0, 0.1) is 11.6 Å². The third-order valence-corrected chi connectivity index (χ3v) is 4.77. The van der Waals surface area contributed by atoms with Crippen molar-refractivity contribution in [3.05, 3.63) is 76.3 Å². The maximum absolute atomic E-state index is 14.6. The standard InChI is InChI=1S/C22H18ClF2NO4/c1-22(2,21(28)29)26-20(27)16-10-18(25)14-5-3-4-6-15(14)19(16)30-11-12-7-8-13(23)9-17(12)24/h3-10H,11H2,1-2H3,(H,26,27)(H,28,29). The van der Waals surface area contributed by atoms with Crippen LogP contribution in [0.4, 0.5) is 8.78 Å². The van der Waals surface area contributed by atoms with Crippen LogP contribution in [0.1, 0.15) is 29.8 Å². The molecular formula is C22H18ClF2NO4. The van der Waals surface area contributed by atoms with Crippen molar-refractivity contribution in [2.45, 2.75) is 26.0 Å². The van der Waals surface area contributed by atoms with Gasteiger partial charge in [-0.05, 0) is 32.0 Å². The zero-order chi connectivity index (χ0) is 22.1. The number of carboxylic acid groups (broad SMARTS) is 1. The Kier molecular flexibility index (Phi) is 5.94. The molecule has 0 spiro atoms. The van der Waals surface area contributed by atoms with Crippen LogP contribution in [0.3, 0.4) is 0 Å². The van der Waals surface area contributed by atoms with Crippen LogP contribution >= 0.6 is 11.6 Å². The highest BCUT2D eigenvalue weighted by molar-refractivity contribution is 6.30. The Bertz CT molecular complexity index is 1150. The lowest BCUT2D eigenvalue weighted by molar-refractivity contribution is -0.143. The molecule has 3 aromatic rings. The van der Waals surface area contributed by atoms with E-state index in [1.807, 2.05) is 0 Å². The molecule has 30 heavy (non-hydrogen) atoms. The number of rotatable bonds is 6. The largest absolute Gasteiger partial charge is 0.487 e. The highest BCUT2D eigenvalue weighted by Crippen LogP contribution is 2.33. The van der Waals surface area contributed by atoms with Crippen molar-refractivity contribution in [1.82, 2.24) is 5.32 Å². The first-order valence-corrected chi connectivity index (χ1v) is 9.32. The summed E-state index contributed by atoms with van der Waals surface area (Å²) in [5.74, 6) is -3.35. The van der Waals surface area contributed by atoms with Crippen molar-refractivity contribution in [3.63, 3.8) is 0 Å². The first kappa shape index (κ1) is 21.5. The summed E-state index contributed by atoms with van der Waals surface area (Å²) in [5, 5.41) is 12.3. The van der Waals surface area contributed by atoms with E-state index in [2.05, 4.69) is 5.32 Å². The first-order chi connectivity index (χ1) is 14.1. The summed E-state index contributed by atoms with van der Waals surface area (Å²) >= 11 is 5.76. The molecule has 0 aliphatic carbocycles. The molecule has 0 bridgehead atoms. The monoisotopic (exact) mass is 433 g/mol. The smallest absolute Gasteiger partial charge is 0.328 e. The van der Waals surface area contributed by atoms with Gasteiger partial charge < -0.3 is 15.2 Å². The number of aliphatic carboxylic acids is 1. The van der Waals surface area contributed by atoms with Crippen LogP contribution in [0.5, 0.6) is 5.75 Å². The minimum Gasteiger partial charge on any atom is -0.487 e. The van der Waals surface area contributed by atoms with E-state index in [-0.39, 0.29) is 33.9 Å². The van der Waals surface area contributed by atoms with Gasteiger partial charge in [0.2, 0.25) is 0 Å². The summed E-state index contributed by atoms with van der Waals surface area (Å²) in [4.78, 5) is 24.1. The van der Waals surface area contributed by atoms with Gasteiger partial charge in [0.05, 0.1) is 5.56 Å². The summed E-state index contributed by atoms with van der Waals surface area (Å²) in [6, 6.07) is 11.4. The van der Waals surface area contributed by atoms with Crippen molar-refractivity contribution < 1.29 is 28.2 Å². The molecule has 0 heterocycles. The molecule has 3 rings (SSSR count). The third-order valence-electron chi connectivity index (χ3n) is 4.54. The summed E-state index contributed by atoms with van der Waals surface area (Å²) in [6.45, 7) is 2.35. The van der Waals surface area contributed by atoms with Gasteiger partial charge in [0, 0.05) is 21.4 Å². The molecular weight excluding hydrogens is 416 g/mol. The number of fused-ring (bicyclic) bond motifs is 1. The van der Waals surface area contributed by atoms with Gasteiger partial charge in [0.1, 0.15) is 29.5 Å². The second-order valence-electron chi connectivity index (χ2n) is 7.19. The van der Waals surface area contributed by atoms with Crippen molar-refractivity contribution >= 4 is 34.2 Å². The molecule has 0 radical (unpaired) electrons. The molecule has 0 unspecified atom stereocenters. The average molecular weight is 434 g/mol. The first-order valence-electron chi connectivity index (χ1n) is 8.94. The van der Waals surface area contributed by atoms with E-state index in [4.69, 9.17) is 16.3 Å². The van der Waals surface area contributed by atoms with E-state index in [0.29, 0.717) is 5.39 Å². The molecule has 0 atom stereocenters. The Morgan fingerprint density at radius 1 is 1.07 bits per heavy atom. The van der Waals surface area contributed by atoms with Gasteiger partial charge in [0.15, 0.2) is 0 Å². The summed E-state index contributed by atoms with van der Waals surface area (Å²) in [7, 11) is 0. The highest BCUT2D eigenvalue weighted by Gasteiger charge is 2.31. The minimum absolute atomic E-state index is 0.0139. The van der Waals surface area contributed by atoms with Crippen molar-refractivity contribution in [2.24, 2.45) is 0 Å². The van der Waals surface area contributed by atoms with Crippen LogP contribution in [0.15, 0.2) is 48.5 Å². The molecule has 3 aromatic carbocycles. The number of carboxylic acids is 1. The number of halogens is 3. The van der Waals surface area contributed by atoms with Crippen molar-refractivity contribution in [2.75, 3.05) is 0 Å². The number of carbonyl (C=O) groups is 2. The molecule has 0 fully saturated rings. The van der Waals surface area contributed by atoms with Crippen LogP contribution < -0.4 is 10.1 Å². The van der Waals surface area contributed by atoms with Crippen LogP contribution in [-0.4, -0.2) is 22.5 Å². The quantitative estimate of drug-likeness (QED) is 0.577. The molecule has 1 amide bonds. The summed E-state index contributed by atoms with van der Waals surface area (Å²) < 4.78 is 34.5. The zero-order valence-corrected chi connectivity index (χ0v) is 16.9. The molecule has 2 N–H and O–H groups in total. The third kappa shape index (κ3) is 4.36. The van der Waals surface area contributed by atoms with Gasteiger partial charge in [-0.25, -0.2) is 13.6 Å². The normalized spacial score (nSPS) is 11.4. The fraction of sp³-hybridized carbons (Fsp3) is 0.182. The number of hydrogen-bond acceptors (Lipinski definition) is 3. The van der Waals surface area contributed by atoms with E-state index in [9.17, 15) is 23.5 Å². The predicted octanol–water partition coefficient (Wildman–Crippen LogP) is 4.94. The molecule has 156 valence electrons. The predicted molar refractivity (Wildman–Crippen MR) is 109 cm³/mol. The highest BCUT2D eigenvalue weighted by atomic mass is 35.5. The molecule has 0 aromatic heterocycles. The Morgan fingerprint density at radius 3 is 2.37 bits per heavy atom. The lowest BCUT2D eigenvalue weighted by atomic mass is 10.0. The van der Waals surface area contributed by atoms with Gasteiger partial charge in [-0.15, -0.1) is 0 Å². The number of carbonyl (C=O) groups excluding carboxylic acids is 1. The molecule has 0 saturated heterocycles. The number of benzene rings is 3. The van der Waals surface area contributed by atoms with E-state index in [0.717, 1.165) is 12.1 Å². The molecule has 0 aliphatic heterocycles. The number of hydrogen-bond donors (Lipinski definition) is 2. The maximum Gasteiger partial charge on any atom is 0.328 e. The minimum atomic E-state index is -1.60. The average Bonchev–Trinajstić information content (AvgIpc) is 2.68. The van der Waals surface area contributed by atoms with Crippen LogP contribution in [0.2, 0.25) is 5.02 Å². The molecule has 0 aliphatic rings. The van der Waals surface area contributed by atoms with Gasteiger partial charge in [0.25, 0.3) is 5.91 Å². The summed E-state index contributed by atoms with van der Waals surface area (Å²) in [5.41, 5.74) is -1.61. The second-order valence-corrected chi connectivity index (χ2v) is 7.63. The van der Waals surface area contributed by atoms with E-state index < -0.39 is 29.0 Å². The Morgan fingerprint density at radius 2 is 1.73 bits per heavy atom. The number of nitrogens with one attached hydrogen (secondary N) is 1. The van der Waals surface area contributed by atoms with Crippen LogP contribution in [-0.2, 0) is 11.4 Å². The zero-order valence-electron chi connectivity index (χ0n) is 16.1. The number of amides is 1. The molecule has 5 nitrogen and oxygen atoms in total. The number of ether oxygens (including phenoxy) is 1. The van der Waals surface area contributed by atoms with Gasteiger partial charge in [-0.1, -0.05) is 41.9 Å².